The Kier molecular flexibility index (Phi) is 5.76. The minimum atomic E-state index is -0.273. The number of carbonyl (C=O) groups is 2. The highest BCUT2D eigenvalue weighted by atomic mass is 79.9. The minimum absolute atomic E-state index is 0.0373. The maximum atomic E-state index is 11.9. The molecule has 114 valence electrons. The molecule has 1 aromatic rings. The molecule has 3 N–H and O–H groups in total. The highest BCUT2D eigenvalue weighted by Gasteiger charge is 2.20. The summed E-state index contributed by atoms with van der Waals surface area (Å²) in [7, 11) is 0. The van der Waals surface area contributed by atoms with Crippen molar-refractivity contribution in [1.82, 2.24) is 10.6 Å². The Hall–Kier alpha value is -1.40. The van der Waals surface area contributed by atoms with E-state index < -0.39 is 0 Å². The molecule has 1 fully saturated rings. The van der Waals surface area contributed by atoms with Crippen molar-refractivity contribution in [3.05, 3.63) is 34.3 Å². The third kappa shape index (κ3) is 5.13. The van der Waals surface area contributed by atoms with Gasteiger partial charge in [0.15, 0.2) is 0 Å². The molecule has 1 aromatic carbocycles. The number of carbonyl (C=O) groups excluding carboxylic acids is 2. The molecule has 5 nitrogen and oxygen atoms in total. The molecule has 0 atom stereocenters. The van der Waals surface area contributed by atoms with Gasteiger partial charge in [-0.05, 0) is 43.9 Å². The van der Waals surface area contributed by atoms with E-state index in [0.29, 0.717) is 5.56 Å². The Labute approximate surface area is 132 Å². The van der Waals surface area contributed by atoms with E-state index in [1.54, 1.807) is 18.2 Å². The number of rotatable bonds is 4. The topological polar surface area (TPSA) is 78.4 Å². The number of aliphatic hydroxyl groups excluding tert-OH is 1. The zero-order valence-electron chi connectivity index (χ0n) is 11.6. The van der Waals surface area contributed by atoms with Gasteiger partial charge >= 0.3 is 0 Å². The van der Waals surface area contributed by atoms with E-state index in [1.807, 2.05) is 6.07 Å². The first-order chi connectivity index (χ1) is 10.0. The molecule has 1 aliphatic rings. The Bertz CT molecular complexity index is 513. The van der Waals surface area contributed by atoms with Crippen molar-refractivity contribution in [2.45, 2.75) is 37.8 Å². The summed E-state index contributed by atoms with van der Waals surface area (Å²) in [5.74, 6) is -0.467. The van der Waals surface area contributed by atoms with Crippen LogP contribution in [0.3, 0.4) is 0 Å². The van der Waals surface area contributed by atoms with Crippen molar-refractivity contribution < 1.29 is 14.7 Å². The Morgan fingerprint density at radius 2 is 1.95 bits per heavy atom. The fourth-order valence-corrected chi connectivity index (χ4v) is 2.79. The summed E-state index contributed by atoms with van der Waals surface area (Å²) in [5, 5.41) is 14.9. The quantitative estimate of drug-likeness (QED) is 0.768. The van der Waals surface area contributed by atoms with Crippen LogP contribution < -0.4 is 10.6 Å². The third-order valence-corrected chi connectivity index (χ3v) is 4.05. The summed E-state index contributed by atoms with van der Waals surface area (Å²) in [5.41, 5.74) is 0.512. The second kappa shape index (κ2) is 7.56. The summed E-state index contributed by atoms with van der Waals surface area (Å²) in [6.07, 6.45) is 2.76. The molecule has 0 unspecified atom stereocenters. The number of aliphatic hydroxyl groups is 1. The molecular formula is C15H19BrN2O3. The monoisotopic (exact) mass is 354 g/mol. The van der Waals surface area contributed by atoms with Gasteiger partial charge in [0.1, 0.15) is 0 Å². The predicted octanol–water partition coefficient (Wildman–Crippen LogP) is 1.60. The standard InChI is InChI=1S/C15H19BrN2O3/c16-11-3-1-2-10(8-11)15(21)17-9-14(20)18-12-4-6-13(19)7-5-12/h1-3,8,12-13,19H,4-7,9H2,(H,17,21)(H,18,20). The molecule has 0 spiro atoms. The van der Waals surface area contributed by atoms with Crippen LogP contribution in [-0.2, 0) is 4.79 Å². The number of nitrogens with one attached hydrogen (secondary N) is 2. The van der Waals surface area contributed by atoms with Gasteiger partial charge in [-0.1, -0.05) is 22.0 Å². The summed E-state index contributed by atoms with van der Waals surface area (Å²) in [6, 6.07) is 7.10. The second-order valence-electron chi connectivity index (χ2n) is 5.27. The summed E-state index contributed by atoms with van der Waals surface area (Å²) in [6.45, 7) is -0.0373. The fourth-order valence-electron chi connectivity index (χ4n) is 2.39. The third-order valence-electron chi connectivity index (χ3n) is 3.56. The molecule has 2 rings (SSSR count). The maximum Gasteiger partial charge on any atom is 0.251 e. The number of benzene rings is 1. The van der Waals surface area contributed by atoms with Crippen molar-refractivity contribution in [3.8, 4) is 0 Å². The van der Waals surface area contributed by atoms with Crippen molar-refractivity contribution >= 4 is 27.7 Å². The van der Waals surface area contributed by atoms with Crippen molar-refractivity contribution in [2.75, 3.05) is 6.54 Å². The normalized spacial score (nSPS) is 21.6. The van der Waals surface area contributed by atoms with Crippen LogP contribution in [-0.4, -0.2) is 35.6 Å². The average Bonchev–Trinajstić information content (AvgIpc) is 2.47. The lowest BCUT2D eigenvalue weighted by atomic mass is 9.93. The van der Waals surface area contributed by atoms with E-state index in [-0.39, 0.29) is 30.5 Å². The maximum absolute atomic E-state index is 11.9. The first-order valence-electron chi connectivity index (χ1n) is 7.06. The van der Waals surface area contributed by atoms with Gasteiger partial charge in [-0.3, -0.25) is 9.59 Å². The molecule has 0 bridgehead atoms. The number of hydrogen-bond donors (Lipinski definition) is 3. The smallest absolute Gasteiger partial charge is 0.251 e. The zero-order valence-corrected chi connectivity index (χ0v) is 13.2. The SMILES string of the molecule is O=C(CNC(=O)c1cccc(Br)c1)NC1CCC(O)CC1. The van der Waals surface area contributed by atoms with Crippen molar-refractivity contribution in [1.29, 1.82) is 0 Å². The summed E-state index contributed by atoms with van der Waals surface area (Å²) < 4.78 is 0.820. The number of hydrogen-bond acceptors (Lipinski definition) is 3. The highest BCUT2D eigenvalue weighted by Crippen LogP contribution is 2.18. The van der Waals surface area contributed by atoms with Crippen LogP contribution in [0.1, 0.15) is 36.0 Å². The Morgan fingerprint density at radius 1 is 1.24 bits per heavy atom. The van der Waals surface area contributed by atoms with Gasteiger partial charge in [-0.15, -0.1) is 0 Å². The lowest BCUT2D eigenvalue weighted by Crippen LogP contribution is -2.43. The van der Waals surface area contributed by atoms with Crippen LogP contribution in [0.25, 0.3) is 0 Å². The van der Waals surface area contributed by atoms with Crippen LogP contribution >= 0.6 is 15.9 Å². The van der Waals surface area contributed by atoms with E-state index in [2.05, 4.69) is 26.6 Å². The Morgan fingerprint density at radius 3 is 2.62 bits per heavy atom. The number of amides is 2. The van der Waals surface area contributed by atoms with E-state index in [1.165, 1.54) is 0 Å². The Balaban J connectivity index is 1.75. The molecule has 6 heteroatoms. The van der Waals surface area contributed by atoms with Gasteiger partial charge in [0.2, 0.25) is 5.91 Å². The molecule has 0 aliphatic heterocycles. The molecule has 0 aromatic heterocycles. The van der Waals surface area contributed by atoms with Crippen molar-refractivity contribution in [2.24, 2.45) is 0 Å². The fraction of sp³-hybridized carbons (Fsp3) is 0.467. The van der Waals surface area contributed by atoms with E-state index in [0.717, 1.165) is 30.2 Å². The van der Waals surface area contributed by atoms with Gasteiger partial charge < -0.3 is 15.7 Å². The molecule has 0 heterocycles. The summed E-state index contributed by atoms with van der Waals surface area (Å²) >= 11 is 3.30. The van der Waals surface area contributed by atoms with E-state index in [4.69, 9.17) is 0 Å². The predicted molar refractivity (Wildman–Crippen MR) is 82.9 cm³/mol. The van der Waals surface area contributed by atoms with Gasteiger partial charge in [0.05, 0.1) is 12.6 Å². The molecule has 21 heavy (non-hydrogen) atoms. The molecule has 0 saturated heterocycles. The lowest BCUT2D eigenvalue weighted by Gasteiger charge is -2.26. The van der Waals surface area contributed by atoms with Crippen LogP contribution in [0.15, 0.2) is 28.7 Å². The van der Waals surface area contributed by atoms with E-state index >= 15 is 0 Å². The van der Waals surface area contributed by atoms with Crippen LogP contribution in [0.2, 0.25) is 0 Å². The molecule has 1 aliphatic carbocycles. The minimum Gasteiger partial charge on any atom is -0.393 e. The summed E-state index contributed by atoms with van der Waals surface area (Å²) in [4.78, 5) is 23.7. The van der Waals surface area contributed by atoms with Crippen LogP contribution in [0.5, 0.6) is 0 Å². The van der Waals surface area contributed by atoms with Gasteiger partial charge in [0, 0.05) is 16.1 Å². The first-order valence-corrected chi connectivity index (χ1v) is 7.85. The first kappa shape index (κ1) is 16.0. The second-order valence-corrected chi connectivity index (χ2v) is 6.18. The van der Waals surface area contributed by atoms with Gasteiger partial charge in [0.25, 0.3) is 5.91 Å². The molecule has 0 radical (unpaired) electrons. The molecule has 2 amide bonds. The lowest BCUT2D eigenvalue weighted by molar-refractivity contribution is -0.121. The zero-order chi connectivity index (χ0) is 15.2. The molecular weight excluding hydrogens is 336 g/mol. The van der Waals surface area contributed by atoms with E-state index in [9.17, 15) is 14.7 Å². The molecule has 1 saturated carbocycles. The van der Waals surface area contributed by atoms with Crippen LogP contribution in [0, 0.1) is 0 Å². The largest absolute Gasteiger partial charge is 0.393 e. The van der Waals surface area contributed by atoms with Gasteiger partial charge in [-0.25, -0.2) is 0 Å². The average molecular weight is 355 g/mol. The van der Waals surface area contributed by atoms with Crippen molar-refractivity contribution in [3.63, 3.8) is 0 Å². The number of halogens is 1. The van der Waals surface area contributed by atoms with Gasteiger partial charge in [-0.2, -0.15) is 0 Å². The highest BCUT2D eigenvalue weighted by molar-refractivity contribution is 9.10. The van der Waals surface area contributed by atoms with Crippen LogP contribution in [0.4, 0.5) is 0 Å².